The molecule has 0 bridgehead atoms. The predicted molar refractivity (Wildman–Crippen MR) is 86.3 cm³/mol. The van der Waals surface area contributed by atoms with Crippen LogP contribution in [0.25, 0.3) is 0 Å². The van der Waals surface area contributed by atoms with E-state index < -0.39 is 0 Å². The van der Waals surface area contributed by atoms with Crippen molar-refractivity contribution in [1.82, 2.24) is 0 Å². The monoisotopic (exact) mass is 291 g/mol. The Hall–Kier alpha value is -1.06. The summed E-state index contributed by atoms with van der Waals surface area (Å²) in [6.45, 7) is 8.17. The number of ether oxygens (including phenoxy) is 2. The summed E-state index contributed by atoms with van der Waals surface area (Å²) in [6.07, 6.45) is 3.98. The highest BCUT2D eigenvalue weighted by Gasteiger charge is 2.32. The summed E-state index contributed by atoms with van der Waals surface area (Å²) in [5.41, 5.74) is 8.28. The Kier molecular flexibility index (Phi) is 5.28. The van der Waals surface area contributed by atoms with E-state index in [2.05, 4.69) is 26.8 Å². The van der Waals surface area contributed by atoms with Crippen LogP contribution < -0.4 is 10.5 Å². The number of rotatable bonds is 5. The molecular weight excluding hydrogens is 262 g/mol. The van der Waals surface area contributed by atoms with E-state index in [0.29, 0.717) is 24.7 Å². The van der Waals surface area contributed by atoms with Crippen molar-refractivity contribution in [2.75, 3.05) is 7.11 Å². The van der Waals surface area contributed by atoms with Gasteiger partial charge in [-0.2, -0.15) is 0 Å². The molecule has 1 aliphatic carbocycles. The molecule has 0 radical (unpaired) electrons. The maximum atomic E-state index is 6.16. The summed E-state index contributed by atoms with van der Waals surface area (Å²) in [5.74, 6) is 1.60. The average molecular weight is 291 g/mol. The van der Waals surface area contributed by atoms with Gasteiger partial charge in [-0.3, -0.25) is 0 Å². The van der Waals surface area contributed by atoms with E-state index >= 15 is 0 Å². The fraction of sp³-hybridized carbons (Fsp3) is 0.667. The van der Waals surface area contributed by atoms with Crippen molar-refractivity contribution in [3.8, 4) is 5.75 Å². The third kappa shape index (κ3) is 4.45. The van der Waals surface area contributed by atoms with Gasteiger partial charge < -0.3 is 15.2 Å². The Morgan fingerprint density at radius 2 is 2.05 bits per heavy atom. The number of methoxy groups -OCH3 is 1. The molecule has 0 saturated heterocycles. The lowest BCUT2D eigenvalue weighted by Gasteiger charge is -2.38. The van der Waals surface area contributed by atoms with Crippen molar-refractivity contribution in [2.45, 2.75) is 59.3 Å². The number of benzene rings is 1. The van der Waals surface area contributed by atoms with Gasteiger partial charge in [-0.05, 0) is 42.2 Å². The van der Waals surface area contributed by atoms with Crippen molar-refractivity contribution in [3.05, 3.63) is 29.3 Å². The first kappa shape index (κ1) is 16.3. The molecule has 3 nitrogen and oxygen atoms in total. The summed E-state index contributed by atoms with van der Waals surface area (Å²) >= 11 is 0. The Morgan fingerprint density at radius 3 is 2.67 bits per heavy atom. The summed E-state index contributed by atoms with van der Waals surface area (Å²) < 4.78 is 11.5. The highest BCUT2D eigenvalue weighted by Crippen LogP contribution is 2.39. The molecule has 2 rings (SSSR count). The lowest BCUT2D eigenvalue weighted by atomic mass is 9.71. The molecule has 1 aromatic carbocycles. The van der Waals surface area contributed by atoms with Crippen LogP contribution in [-0.4, -0.2) is 13.2 Å². The van der Waals surface area contributed by atoms with Crippen molar-refractivity contribution in [1.29, 1.82) is 0 Å². The third-order valence-corrected chi connectivity index (χ3v) is 4.40. The first-order valence-electron chi connectivity index (χ1n) is 7.91. The Bertz CT molecular complexity index is 470. The van der Waals surface area contributed by atoms with Crippen LogP contribution in [0.5, 0.6) is 5.75 Å². The number of hydrogen-bond donors (Lipinski definition) is 1. The molecule has 0 heterocycles. The fourth-order valence-corrected chi connectivity index (χ4v) is 3.65. The lowest BCUT2D eigenvalue weighted by molar-refractivity contribution is -0.0316. The molecule has 1 saturated carbocycles. The maximum Gasteiger partial charge on any atom is 0.123 e. The molecule has 0 amide bonds. The van der Waals surface area contributed by atoms with Crippen molar-refractivity contribution < 1.29 is 9.47 Å². The maximum absolute atomic E-state index is 6.16. The molecule has 21 heavy (non-hydrogen) atoms. The van der Waals surface area contributed by atoms with E-state index in [-0.39, 0.29) is 0 Å². The van der Waals surface area contributed by atoms with E-state index in [0.717, 1.165) is 29.2 Å². The summed E-state index contributed by atoms with van der Waals surface area (Å²) in [7, 11) is 1.68. The average Bonchev–Trinajstić information content (AvgIpc) is 2.42. The largest absolute Gasteiger partial charge is 0.496 e. The van der Waals surface area contributed by atoms with Crippen LogP contribution in [0.15, 0.2) is 18.2 Å². The van der Waals surface area contributed by atoms with Gasteiger partial charge >= 0.3 is 0 Å². The van der Waals surface area contributed by atoms with Crippen LogP contribution >= 0.6 is 0 Å². The molecular formula is C18H29NO2. The van der Waals surface area contributed by atoms with Gasteiger partial charge in [0.2, 0.25) is 0 Å². The summed E-state index contributed by atoms with van der Waals surface area (Å²) in [5, 5.41) is 0. The second-order valence-electron chi connectivity index (χ2n) is 7.20. The fourth-order valence-electron chi connectivity index (χ4n) is 3.65. The van der Waals surface area contributed by atoms with Crippen LogP contribution in [0.3, 0.4) is 0 Å². The van der Waals surface area contributed by atoms with Crippen LogP contribution in [0.2, 0.25) is 0 Å². The quantitative estimate of drug-likeness (QED) is 0.895. The Balaban J connectivity index is 1.96. The van der Waals surface area contributed by atoms with Crippen molar-refractivity contribution >= 4 is 0 Å². The molecule has 118 valence electrons. The zero-order chi connectivity index (χ0) is 15.5. The zero-order valence-electron chi connectivity index (χ0n) is 13.8. The van der Waals surface area contributed by atoms with Gasteiger partial charge in [0.25, 0.3) is 0 Å². The normalized spacial score (nSPS) is 24.8. The molecule has 2 N–H and O–H groups in total. The van der Waals surface area contributed by atoms with Crippen molar-refractivity contribution in [2.24, 2.45) is 17.1 Å². The molecule has 1 aromatic rings. The lowest BCUT2D eigenvalue weighted by Crippen LogP contribution is -2.32. The van der Waals surface area contributed by atoms with Crippen LogP contribution in [0, 0.1) is 11.3 Å². The SMILES string of the molecule is COc1cc(COC2CC(C)CC(C)(C)C2)ccc1CN. The van der Waals surface area contributed by atoms with Gasteiger partial charge in [-0.15, -0.1) is 0 Å². The van der Waals surface area contributed by atoms with Gasteiger partial charge in [0.15, 0.2) is 0 Å². The zero-order valence-corrected chi connectivity index (χ0v) is 13.8. The molecule has 0 aliphatic heterocycles. The van der Waals surface area contributed by atoms with E-state index in [9.17, 15) is 0 Å². The second kappa shape index (κ2) is 6.80. The first-order chi connectivity index (χ1) is 9.93. The van der Waals surface area contributed by atoms with E-state index in [1.165, 1.54) is 12.8 Å². The number of hydrogen-bond acceptors (Lipinski definition) is 3. The van der Waals surface area contributed by atoms with Gasteiger partial charge in [-0.25, -0.2) is 0 Å². The summed E-state index contributed by atoms with van der Waals surface area (Å²) in [4.78, 5) is 0. The minimum atomic E-state index is 0.365. The van der Waals surface area contributed by atoms with Gasteiger partial charge in [0, 0.05) is 12.1 Å². The third-order valence-electron chi connectivity index (χ3n) is 4.40. The van der Waals surface area contributed by atoms with E-state index in [4.69, 9.17) is 15.2 Å². The minimum Gasteiger partial charge on any atom is -0.496 e. The van der Waals surface area contributed by atoms with Crippen LogP contribution in [0.1, 0.15) is 51.2 Å². The number of nitrogens with two attached hydrogens (primary N) is 1. The van der Waals surface area contributed by atoms with Gasteiger partial charge in [0.05, 0.1) is 19.8 Å². The minimum absolute atomic E-state index is 0.365. The van der Waals surface area contributed by atoms with Crippen LogP contribution in [-0.2, 0) is 17.9 Å². The van der Waals surface area contributed by atoms with Gasteiger partial charge in [0.1, 0.15) is 5.75 Å². The molecule has 2 unspecified atom stereocenters. The van der Waals surface area contributed by atoms with Gasteiger partial charge in [-0.1, -0.05) is 32.9 Å². The van der Waals surface area contributed by atoms with Crippen molar-refractivity contribution in [3.63, 3.8) is 0 Å². The molecule has 2 atom stereocenters. The second-order valence-corrected chi connectivity index (χ2v) is 7.20. The molecule has 3 heteroatoms. The van der Waals surface area contributed by atoms with E-state index in [1.807, 2.05) is 12.1 Å². The highest BCUT2D eigenvalue weighted by atomic mass is 16.5. The van der Waals surface area contributed by atoms with E-state index in [1.54, 1.807) is 7.11 Å². The standard InChI is InChI=1S/C18H29NO2/c1-13-7-16(10-18(2,3)9-13)21-12-14-5-6-15(11-19)17(8-14)20-4/h5-6,8,13,16H,7,9-12,19H2,1-4H3. The molecule has 1 aliphatic rings. The topological polar surface area (TPSA) is 44.5 Å². The highest BCUT2D eigenvalue weighted by molar-refractivity contribution is 5.37. The first-order valence-corrected chi connectivity index (χ1v) is 7.91. The molecule has 1 fully saturated rings. The smallest absolute Gasteiger partial charge is 0.123 e. The Labute approximate surface area is 128 Å². The summed E-state index contributed by atoms with van der Waals surface area (Å²) in [6, 6.07) is 6.16. The molecule has 0 spiro atoms. The Morgan fingerprint density at radius 1 is 1.29 bits per heavy atom. The van der Waals surface area contributed by atoms with Crippen LogP contribution in [0.4, 0.5) is 0 Å². The predicted octanol–water partition coefficient (Wildman–Crippen LogP) is 3.89. The molecule has 0 aromatic heterocycles.